The molecule has 0 saturated heterocycles. The fourth-order valence-corrected chi connectivity index (χ4v) is 2.92. The van der Waals surface area contributed by atoms with E-state index >= 15 is 0 Å². The second-order valence-electron chi connectivity index (χ2n) is 5.30. The number of carbonyl (C=O) groups is 2. The van der Waals surface area contributed by atoms with Gasteiger partial charge in [0.1, 0.15) is 0 Å². The molecule has 0 heterocycles. The van der Waals surface area contributed by atoms with Crippen molar-refractivity contribution in [3.8, 4) is 0 Å². The van der Waals surface area contributed by atoms with Crippen LogP contribution in [0.4, 0.5) is 0 Å². The van der Waals surface area contributed by atoms with E-state index in [2.05, 4.69) is 10.9 Å². The third kappa shape index (κ3) is 5.45. The number of thioether (sulfide) groups is 1. The van der Waals surface area contributed by atoms with Crippen molar-refractivity contribution < 1.29 is 9.59 Å². The normalized spacial score (nSPS) is 10.2. The van der Waals surface area contributed by atoms with Gasteiger partial charge < -0.3 is 0 Å². The smallest absolute Gasteiger partial charge is 0.269 e. The SMILES string of the molecule is Cc1ccc(C(=O)NNC(=O)CSCc2ccccc2)c(C)c1. The standard InChI is InChI=1S/C18H20N2O2S/c1-13-8-9-16(14(2)10-13)18(22)20-19-17(21)12-23-11-15-6-4-3-5-7-15/h3-10H,11-12H2,1-2H3,(H,19,21)(H,20,22). The number of nitrogens with one attached hydrogen (secondary N) is 2. The van der Waals surface area contributed by atoms with Crippen molar-refractivity contribution in [1.29, 1.82) is 0 Å². The summed E-state index contributed by atoms with van der Waals surface area (Å²) in [7, 11) is 0. The van der Waals surface area contributed by atoms with E-state index in [9.17, 15) is 9.59 Å². The predicted octanol–water partition coefficient (Wildman–Crippen LogP) is 3.00. The average Bonchev–Trinajstić information content (AvgIpc) is 2.53. The lowest BCUT2D eigenvalue weighted by Gasteiger charge is -2.09. The second kappa shape index (κ2) is 8.39. The minimum Gasteiger partial charge on any atom is -0.272 e. The van der Waals surface area contributed by atoms with Crippen LogP contribution < -0.4 is 10.9 Å². The molecule has 0 aliphatic rings. The van der Waals surface area contributed by atoms with Gasteiger partial charge in [-0.05, 0) is 31.0 Å². The highest BCUT2D eigenvalue weighted by Gasteiger charge is 2.10. The fraction of sp³-hybridized carbons (Fsp3) is 0.222. The molecule has 0 bridgehead atoms. The molecule has 23 heavy (non-hydrogen) atoms. The molecule has 0 aromatic heterocycles. The molecule has 2 rings (SSSR count). The van der Waals surface area contributed by atoms with Gasteiger partial charge in [-0.3, -0.25) is 20.4 Å². The predicted molar refractivity (Wildman–Crippen MR) is 94.1 cm³/mol. The summed E-state index contributed by atoms with van der Waals surface area (Å²) < 4.78 is 0. The molecule has 0 fully saturated rings. The Morgan fingerprint density at radius 1 is 1.00 bits per heavy atom. The highest BCUT2D eigenvalue weighted by Crippen LogP contribution is 2.11. The number of rotatable bonds is 5. The molecule has 0 aliphatic carbocycles. The Balaban J connectivity index is 1.74. The first-order valence-corrected chi connectivity index (χ1v) is 8.50. The first-order valence-electron chi connectivity index (χ1n) is 7.34. The second-order valence-corrected chi connectivity index (χ2v) is 6.28. The van der Waals surface area contributed by atoms with Crippen LogP contribution in [-0.2, 0) is 10.5 Å². The maximum atomic E-state index is 12.0. The molecule has 0 spiro atoms. The van der Waals surface area contributed by atoms with Gasteiger partial charge in [-0.2, -0.15) is 0 Å². The number of benzene rings is 2. The Labute approximate surface area is 140 Å². The van der Waals surface area contributed by atoms with Gasteiger partial charge in [0.25, 0.3) is 5.91 Å². The molecule has 2 N–H and O–H groups in total. The van der Waals surface area contributed by atoms with Crippen LogP contribution in [0.15, 0.2) is 48.5 Å². The van der Waals surface area contributed by atoms with Crippen LogP contribution in [0.5, 0.6) is 0 Å². The van der Waals surface area contributed by atoms with Crippen molar-refractivity contribution in [3.63, 3.8) is 0 Å². The topological polar surface area (TPSA) is 58.2 Å². The Morgan fingerprint density at radius 3 is 2.43 bits per heavy atom. The van der Waals surface area contributed by atoms with E-state index in [1.165, 1.54) is 17.3 Å². The number of aryl methyl sites for hydroxylation is 2. The summed E-state index contributed by atoms with van der Waals surface area (Å²) in [5, 5.41) is 0. The summed E-state index contributed by atoms with van der Waals surface area (Å²) in [4.78, 5) is 23.8. The zero-order chi connectivity index (χ0) is 16.7. The van der Waals surface area contributed by atoms with Crippen molar-refractivity contribution in [2.75, 3.05) is 5.75 Å². The Bertz CT molecular complexity index is 687. The van der Waals surface area contributed by atoms with E-state index < -0.39 is 0 Å². The third-order valence-electron chi connectivity index (χ3n) is 3.29. The van der Waals surface area contributed by atoms with E-state index in [1.807, 2.05) is 56.3 Å². The lowest BCUT2D eigenvalue weighted by Crippen LogP contribution is -2.42. The minimum atomic E-state index is -0.302. The molecule has 0 aliphatic heterocycles. The molecule has 5 heteroatoms. The van der Waals surface area contributed by atoms with Gasteiger partial charge in [-0.15, -0.1) is 11.8 Å². The van der Waals surface area contributed by atoms with Crippen molar-refractivity contribution in [1.82, 2.24) is 10.9 Å². The van der Waals surface area contributed by atoms with E-state index in [1.54, 1.807) is 6.07 Å². The van der Waals surface area contributed by atoms with Crippen molar-refractivity contribution >= 4 is 23.6 Å². The van der Waals surface area contributed by atoms with Crippen molar-refractivity contribution in [2.24, 2.45) is 0 Å². The van der Waals surface area contributed by atoms with Gasteiger partial charge >= 0.3 is 0 Å². The number of hydrazine groups is 1. The summed E-state index contributed by atoms with van der Waals surface area (Å²) in [5.74, 6) is 0.536. The first-order chi connectivity index (χ1) is 11.1. The fourth-order valence-electron chi connectivity index (χ4n) is 2.13. The lowest BCUT2D eigenvalue weighted by molar-refractivity contribution is -0.119. The molecule has 2 amide bonds. The van der Waals surface area contributed by atoms with Crippen LogP contribution in [0.1, 0.15) is 27.0 Å². The molecule has 0 saturated carbocycles. The monoisotopic (exact) mass is 328 g/mol. The van der Waals surface area contributed by atoms with Crippen LogP contribution in [0, 0.1) is 13.8 Å². The maximum absolute atomic E-state index is 12.0. The van der Waals surface area contributed by atoms with E-state index in [0.717, 1.165) is 16.9 Å². The quantitative estimate of drug-likeness (QED) is 0.830. The summed E-state index contributed by atoms with van der Waals surface area (Å²) in [6, 6.07) is 15.5. The van der Waals surface area contributed by atoms with E-state index in [0.29, 0.717) is 11.3 Å². The highest BCUT2D eigenvalue weighted by atomic mass is 32.2. The lowest BCUT2D eigenvalue weighted by atomic mass is 10.1. The highest BCUT2D eigenvalue weighted by molar-refractivity contribution is 7.99. The third-order valence-corrected chi connectivity index (χ3v) is 4.29. The Hall–Kier alpha value is -2.27. The van der Waals surface area contributed by atoms with Crippen LogP contribution >= 0.6 is 11.8 Å². The summed E-state index contributed by atoms with van der Waals surface area (Å²) in [5.41, 5.74) is 8.62. The molecule has 120 valence electrons. The molecule has 0 radical (unpaired) electrons. The maximum Gasteiger partial charge on any atom is 0.269 e. The molecule has 0 unspecified atom stereocenters. The van der Waals surface area contributed by atoms with Crippen molar-refractivity contribution in [2.45, 2.75) is 19.6 Å². The zero-order valence-corrected chi connectivity index (χ0v) is 14.1. The summed E-state index contributed by atoms with van der Waals surface area (Å²) >= 11 is 1.50. The van der Waals surface area contributed by atoms with Crippen LogP contribution in [0.3, 0.4) is 0 Å². The van der Waals surface area contributed by atoms with E-state index in [4.69, 9.17) is 0 Å². The molecule has 2 aromatic rings. The van der Waals surface area contributed by atoms with E-state index in [-0.39, 0.29) is 11.8 Å². The first kappa shape index (κ1) is 17.1. The number of hydrogen-bond donors (Lipinski definition) is 2. The number of hydrogen-bond acceptors (Lipinski definition) is 3. The van der Waals surface area contributed by atoms with Crippen LogP contribution in [0.25, 0.3) is 0 Å². The summed E-state index contributed by atoms with van der Waals surface area (Å²) in [6.45, 7) is 3.85. The molecule has 0 atom stereocenters. The van der Waals surface area contributed by atoms with Crippen LogP contribution in [0.2, 0.25) is 0 Å². The Kier molecular flexibility index (Phi) is 6.23. The molecular formula is C18H20N2O2S. The minimum absolute atomic E-state index is 0.218. The zero-order valence-electron chi connectivity index (χ0n) is 13.3. The average molecular weight is 328 g/mol. The Morgan fingerprint density at radius 2 is 1.74 bits per heavy atom. The van der Waals surface area contributed by atoms with Crippen molar-refractivity contribution in [3.05, 3.63) is 70.8 Å². The number of amides is 2. The molecular weight excluding hydrogens is 308 g/mol. The van der Waals surface area contributed by atoms with Gasteiger partial charge in [-0.1, -0.05) is 48.0 Å². The molecule has 4 nitrogen and oxygen atoms in total. The van der Waals surface area contributed by atoms with Gasteiger partial charge in [0, 0.05) is 11.3 Å². The van der Waals surface area contributed by atoms with Gasteiger partial charge in [0.05, 0.1) is 5.75 Å². The molecule has 2 aromatic carbocycles. The number of carbonyl (C=O) groups excluding carboxylic acids is 2. The largest absolute Gasteiger partial charge is 0.272 e. The summed E-state index contributed by atoms with van der Waals surface area (Å²) in [6.07, 6.45) is 0. The van der Waals surface area contributed by atoms with Gasteiger partial charge in [0.2, 0.25) is 5.91 Å². The van der Waals surface area contributed by atoms with Gasteiger partial charge in [0.15, 0.2) is 0 Å². The van der Waals surface area contributed by atoms with Crippen LogP contribution in [-0.4, -0.2) is 17.6 Å². The van der Waals surface area contributed by atoms with Gasteiger partial charge in [-0.25, -0.2) is 0 Å².